The minimum absolute atomic E-state index is 0.258. The predicted octanol–water partition coefficient (Wildman–Crippen LogP) is 3.97. The largest absolute Gasteiger partial charge is 0.309 e. The number of pyridine rings is 1. The Kier molecular flexibility index (Phi) is 3.83. The normalized spacial score (nSPS) is 16.7. The third-order valence-corrected chi connectivity index (χ3v) is 4.39. The van der Waals surface area contributed by atoms with E-state index in [1.54, 1.807) is 0 Å². The summed E-state index contributed by atoms with van der Waals surface area (Å²) < 4.78 is 0. The molecular formula is C18H22N2. The van der Waals surface area contributed by atoms with E-state index in [2.05, 4.69) is 46.7 Å². The monoisotopic (exact) mass is 266 g/mol. The topological polar surface area (TPSA) is 24.9 Å². The molecule has 1 saturated carbocycles. The molecule has 0 bridgehead atoms. The summed E-state index contributed by atoms with van der Waals surface area (Å²) >= 11 is 0. The molecule has 20 heavy (non-hydrogen) atoms. The third kappa shape index (κ3) is 2.48. The van der Waals surface area contributed by atoms with Crippen LogP contribution in [-0.2, 0) is 0 Å². The lowest BCUT2D eigenvalue weighted by molar-refractivity contribution is 0.415. The van der Waals surface area contributed by atoms with E-state index >= 15 is 0 Å². The highest BCUT2D eigenvalue weighted by molar-refractivity contribution is 5.40. The number of aromatic nitrogens is 1. The van der Waals surface area contributed by atoms with Gasteiger partial charge in [-0.2, -0.15) is 0 Å². The average molecular weight is 266 g/mol. The molecule has 1 aromatic carbocycles. The molecule has 0 aliphatic heterocycles. The van der Waals surface area contributed by atoms with Crippen LogP contribution < -0.4 is 5.32 Å². The summed E-state index contributed by atoms with van der Waals surface area (Å²) in [6, 6.07) is 13.4. The molecule has 0 saturated heterocycles. The van der Waals surface area contributed by atoms with Crippen molar-refractivity contribution >= 4 is 0 Å². The van der Waals surface area contributed by atoms with Crippen LogP contribution in [0.1, 0.15) is 53.6 Å². The number of hydrogen-bond donors (Lipinski definition) is 1. The summed E-state index contributed by atoms with van der Waals surface area (Å²) in [5.74, 6) is 0.755. The smallest absolute Gasteiger partial charge is 0.0578 e. The van der Waals surface area contributed by atoms with Gasteiger partial charge >= 0.3 is 0 Å². The molecule has 1 atom stereocenters. The molecule has 0 spiro atoms. The van der Waals surface area contributed by atoms with Crippen LogP contribution in [0.4, 0.5) is 0 Å². The highest BCUT2D eigenvalue weighted by Gasteiger charge is 2.25. The third-order valence-electron chi connectivity index (χ3n) is 4.39. The van der Waals surface area contributed by atoms with Gasteiger partial charge in [-0.1, -0.05) is 30.7 Å². The maximum atomic E-state index is 4.31. The fourth-order valence-electron chi connectivity index (χ4n) is 3.11. The second-order valence-electron chi connectivity index (χ2n) is 5.71. The van der Waals surface area contributed by atoms with E-state index in [9.17, 15) is 0 Å². The van der Waals surface area contributed by atoms with Gasteiger partial charge in [0.15, 0.2) is 0 Å². The van der Waals surface area contributed by atoms with E-state index in [-0.39, 0.29) is 6.04 Å². The van der Waals surface area contributed by atoms with Crippen molar-refractivity contribution in [1.29, 1.82) is 0 Å². The first-order chi connectivity index (χ1) is 9.79. The Hall–Kier alpha value is -1.67. The zero-order valence-electron chi connectivity index (χ0n) is 12.3. The van der Waals surface area contributed by atoms with Crippen LogP contribution in [0.25, 0.3) is 0 Å². The molecule has 2 heteroatoms. The van der Waals surface area contributed by atoms with E-state index in [1.807, 2.05) is 20.2 Å². The Balaban J connectivity index is 2.01. The number of aryl methyl sites for hydroxylation is 1. The number of nitrogens with zero attached hydrogens (tertiary/aromatic N) is 1. The zero-order valence-corrected chi connectivity index (χ0v) is 12.3. The van der Waals surface area contributed by atoms with Crippen molar-refractivity contribution in [3.05, 3.63) is 65.0 Å². The Morgan fingerprint density at radius 1 is 1.20 bits per heavy atom. The van der Waals surface area contributed by atoms with Gasteiger partial charge in [0.1, 0.15) is 0 Å². The standard InChI is InChI=1S/C18H22N2/c1-13-12-15(10-11-20-13)18(19-2)17-9-4-3-8-16(17)14-6-5-7-14/h3-4,8-12,14,18-19H,5-7H2,1-2H3. The van der Waals surface area contributed by atoms with Gasteiger partial charge in [0.05, 0.1) is 6.04 Å². The number of rotatable bonds is 4. The number of benzene rings is 1. The summed E-state index contributed by atoms with van der Waals surface area (Å²) in [6.07, 6.45) is 5.95. The van der Waals surface area contributed by atoms with Crippen molar-refractivity contribution in [2.24, 2.45) is 0 Å². The van der Waals surface area contributed by atoms with E-state index in [0.717, 1.165) is 11.6 Å². The first-order valence-corrected chi connectivity index (χ1v) is 7.48. The van der Waals surface area contributed by atoms with Crippen LogP contribution in [0.5, 0.6) is 0 Å². The molecule has 0 amide bonds. The van der Waals surface area contributed by atoms with E-state index in [4.69, 9.17) is 0 Å². The van der Waals surface area contributed by atoms with E-state index in [0.29, 0.717) is 0 Å². The van der Waals surface area contributed by atoms with Crippen LogP contribution in [0.3, 0.4) is 0 Å². The van der Waals surface area contributed by atoms with Gasteiger partial charge in [-0.3, -0.25) is 4.98 Å². The molecule has 1 aromatic heterocycles. The fraction of sp³-hybridized carbons (Fsp3) is 0.389. The lowest BCUT2D eigenvalue weighted by Crippen LogP contribution is -2.21. The number of hydrogen-bond acceptors (Lipinski definition) is 2. The molecule has 1 N–H and O–H groups in total. The summed E-state index contributed by atoms with van der Waals surface area (Å²) in [4.78, 5) is 4.31. The van der Waals surface area contributed by atoms with Crippen molar-refractivity contribution in [3.8, 4) is 0 Å². The van der Waals surface area contributed by atoms with Gasteiger partial charge in [0, 0.05) is 11.9 Å². The van der Waals surface area contributed by atoms with Crippen molar-refractivity contribution in [2.45, 2.75) is 38.1 Å². The van der Waals surface area contributed by atoms with Gasteiger partial charge in [-0.25, -0.2) is 0 Å². The van der Waals surface area contributed by atoms with Crippen molar-refractivity contribution in [2.75, 3.05) is 7.05 Å². The lowest BCUT2D eigenvalue weighted by Gasteiger charge is -2.30. The maximum Gasteiger partial charge on any atom is 0.0578 e. The van der Waals surface area contributed by atoms with Gasteiger partial charge in [-0.15, -0.1) is 0 Å². The van der Waals surface area contributed by atoms with Crippen molar-refractivity contribution < 1.29 is 0 Å². The van der Waals surface area contributed by atoms with Crippen LogP contribution in [-0.4, -0.2) is 12.0 Å². The Bertz CT molecular complexity index is 587. The molecule has 1 unspecified atom stereocenters. The molecule has 1 fully saturated rings. The first kappa shape index (κ1) is 13.3. The quantitative estimate of drug-likeness (QED) is 0.906. The minimum Gasteiger partial charge on any atom is -0.309 e. The molecule has 2 aromatic rings. The van der Waals surface area contributed by atoms with Crippen LogP contribution in [0.2, 0.25) is 0 Å². The maximum absolute atomic E-state index is 4.31. The fourth-order valence-corrected chi connectivity index (χ4v) is 3.11. The first-order valence-electron chi connectivity index (χ1n) is 7.48. The Labute approximate surface area is 121 Å². The van der Waals surface area contributed by atoms with Crippen LogP contribution in [0.15, 0.2) is 42.6 Å². The SMILES string of the molecule is CNC(c1ccnc(C)c1)c1ccccc1C1CCC1. The Morgan fingerprint density at radius 2 is 2.00 bits per heavy atom. The second kappa shape index (κ2) is 5.76. The molecule has 1 heterocycles. The average Bonchev–Trinajstić information content (AvgIpc) is 2.40. The van der Waals surface area contributed by atoms with E-state index in [1.165, 1.54) is 36.0 Å². The summed E-state index contributed by atoms with van der Waals surface area (Å²) in [5.41, 5.74) is 5.31. The Morgan fingerprint density at radius 3 is 2.65 bits per heavy atom. The van der Waals surface area contributed by atoms with Gasteiger partial charge in [-0.05, 0) is 61.6 Å². The summed E-state index contributed by atoms with van der Waals surface area (Å²) in [6.45, 7) is 2.05. The van der Waals surface area contributed by atoms with Gasteiger partial charge in [0.2, 0.25) is 0 Å². The van der Waals surface area contributed by atoms with Crippen molar-refractivity contribution in [3.63, 3.8) is 0 Å². The number of nitrogens with one attached hydrogen (secondary N) is 1. The van der Waals surface area contributed by atoms with E-state index < -0.39 is 0 Å². The van der Waals surface area contributed by atoms with Crippen molar-refractivity contribution in [1.82, 2.24) is 10.3 Å². The minimum atomic E-state index is 0.258. The van der Waals surface area contributed by atoms with Crippen LogP contribution >= 0.6 is 0 Å². The zero-order chi connectivity index (χ0) is 13.9. The molecule has 3 rings (SSSR count). The molecule has 1 aliphatic carbocycles. The van der Waals surface area contributed by atoms with Crippen LogP contribution in [0, 0.1) is 6.92 Å². The van der Waals surface area contributed by atoms with Gasteiger partial charge < -0.3 is 5.32 Å². The van der Waals surface area contributed by atoms with Gasteiger partial charge in [0.25, 0.3) is 0 Å². The predicted molar refractivity (Wildman–Crippen MR) is 82.9 cm³/mol. The highest BCUT2D eigenvalue weighted by atomic mass is 14.9. The molecule has 2 nitrogen and oxygen atoms in total. The molecule has 104 valence electrons. The molecular weight excluding hydrogens is 244 g/mol. The molecule has 0 radical (unpaired) electrons. The lowest BCUT2D eigenvalue weighted by atomic mass is 9.76. The highest BCUT2D eigenvalue weighted by Crippen LogP contribution is 2.40. The summed E-state index contributed by atoms with van der Waals surface area (Å²) in [5, 5.41) is 3.48. The second-order valence-corrected chi connectivity index (χ2v) is 5.71. The summed E-state index contributed by atoms with van der Waals surface area (Å²) in [7, 11) is 2.04. The molecule has 1 aliphatic rings.